The number of nitrogens with two attached hydrogens (primary N) is 1. The van der Waals surface area contributed by atoms with Gasteiger partial charge in [-0.15, -0.1) is 0 Å². The number of nitrogens with one attached hydrogen (secondary N) is 1. The summed E-state index contributed by atoms with van der Waals surface area (Å²) in [6.45, 7) is 1.86. The molecule has 0 amide bonds. The van der Waals surface area contributed by atoms with E-state index in [-0.39, 0.29) is 17.0 Å². The van der Waals surface area contributed by atoms with Crippen LogP contribution in [0.4, 0.5) is 0 Å². The second-order valence-corrected chi connectivity index (χ2v) is 7.37. The van der Waals surface area contributed by atoms with Gasteiger partial charge in [-0.25, -0.2) is 13.1 Å². The monoisotopic (exact) mass is 312 g/mol. The Bertz CT molecular complexity index is 587. The highest BCUT2D eigenvalue weighted by molar-refractivity contribution is 7.89. The van der Waals surface area contributed by atoms with Gasteiger partial charge in [0.25, 0.3) is 0 Å². The van der Waals surface area contributed by atoms with E-state index in [1.54, 1.807) is 12.1 Å². The molecule has 0 radical (unpaired) electrons. The van der Waals surface area contributed by atoms with Crippen LogP contribution < -0.4 is 15.2 Å². The third-order valence-electron chi connectivity index (χ3n) is 3.98. The summed E-state index contributed by atoms with van der Waals surface area (Å²) in [6, 6.07) is 4.80. The molecule has 0 aromatic heterocycles. The van der Waals surface area contributed by atoms with E-state index in [1.165, 1.54) is 7.11 Å². The number of sulfonamides is 1. The first-order chi connectivity index (χ1) is 9.94. The second kappa shape index (κ2) is 6.77. The smallest absolute Gasteiger partial charge is 0.244 e. The maximum absolute atomic E-state index is 12.6. The predicted molar refractivity (Wildman–Crippen MR) is 82.9 cm³/mol. The average Bonchev–Trinajstić information content (AvgIpc) is 2.64. The molecular formula is C15H24N2O3S. The second-order valence-electron chi connectivity index (χ2n) is 5.68. The van der Waals surface area contributed by atoms with E-state index < -0.39 is 10.0 Å². The fourth-order valence-electron chi connectivity index (χ4n) is 2.74. The Morgan fingerprint density at radius 1 is 1.24 bits per heavy atom. The van der Waals surface area contributed by atoms with Crippen molar-refractivity contribution in [3.05, 3.63) is 23.8 Å². The molecular weight excluding hydrogens is 288 g/mol. The summed E-state index contributed by atoms with van der Waals surface area (Å²) in [6.07, 6.45) is 4.82. The first-order valence-electron chi connectivity index (χ1n) is 7.36. The van der Waals surface area contributed by atoms with Gasteiger partial charge >= 0.3 is 0 Å². The molecule has 0 saturated heterocycles. The molecule has 1 aliphatic carbocycles. The molecule has 118 valence electrons. The van der Waals surface area contributed by atoms with Crippen LogP contribution >= 0.6 is 0 Å². The Labute approximate surface area is 126 Å². The van der Waals surface area contributed by atoms with Crippen molar-refractivity contribution < 1.29 is 13.2 Å². The Balaban J connectivity index is 2.27. The van der Waals surface area contributed by atoms with E-state index >= 15 is 0 Å². The molecule has 2 atom stereocenters. The number of methoxy groups -OCH3 is 1. The van der Waals surface area contributed by atoms with Gasteiger partial charge in [-0.1, -0.05) is 25.3 Å². The van der Waals surface area contributed by atoms with E-state index in [1.807, 2.05) is 13.0 Å². The Kier molecular flexibility index (Phi) is 5.24. The van der Waals surface area contributed by atoms with Crippen LogP contribution in [0.25, 0.3) is 0 Å². The predicted octanol–water partition coefficient (Wildman–Crippen LogP) is 1.94. The van der Waals surface area contributed by atoms with Gasteiger partial charge in [0.2, 0.25) is 10.0 Å². The normalized spacial score (nSPS) is 23.6. The Hall–Kier alpha value is -1.11. The standard InChI is InChI=1S/C15H24N2O3S/c1-11-8-9-14(20-2)15(10-11)21(18,19)17-13-7-5-3-4-6-12(13)16/h8-10,12-13,17H,3-7,16H2,1-2H3. The van der Waals surface area contributed by atoms with Crippen LogP contribution in [-0.4, -0.2) is 27.6 Å². The minimum absolute atomic E-state index is 0.127. The summed E-state index contributed by atoms with van der Waals surface area (Å²) >= 11 is 0. The number of aryl methyl sites for hydroxylation is 1. The minimum Gasteiger partial charge on any atom is -0.495 e. The van der Waals surface area contributed by atoms with Crippen molar-refractivity contribution in [2.24, 2.45) is 5.73 Å². The molecule has 0 spiro atoms. The maximum Gasteiger partial charge on any atom is 0.244 e. The summed E-state index contributed by atoms with van der Waals surface area (Å²) in [4.78, 5) is 0.182. The van der Waals surface area contributed by atoms with Crippen LogP contribution in [0.5, 0.6) is 5.75 Å². The number of hydrogen-bond donors (Lipinski definition) is 2. The van der Waals surface area contributed by atoms with Gasteiger partial charge in [-0.05, 0) is 37.5 Å². The van der Waals surface area contributed by atoms with Crippen LogP contribution in [0.15, 0.2) is 23.1 Å². The lowest BCUT2D eigenvalue weighted by atomic mass is 10.1. The first-order valence-corrected chi connectivity index (χ1v) is 8.85. The first kappa shape index (κ1) is 16.3. The van der Waals surface area contributed by atoms with Gasteiger partial charge in [0, 0.05) is 12.1 Å². The zero-order valence-corrected chi connectivity index (χ0v) is 13.4. The molecule has 1 aromatic rings. The van der Waals surface area contributed by atoms with Gasteiger partial charge in [-0.3, -0.25) is 0 Å². The van der Waals surface area contributed by atoms with Crippen LogP contribution in [0.3, 0.4) is 0 Å². The van der Waals surface area contributed by atoms with Crippen LogP contribution in [-0.2, 0) is 10.0 Å². The zero-order chi connectivity index (χ0) is 15.5. The van der Waals surface area contributed by atoms with Gasteiger partial charge in [-0.2, -0.15) is 0 Å². The van der Waals surface area contributed by atoms with E-state index in [4.69, 9.17) is 10.5 Å². The van der Waals surface area contributed by atoms with Crippen molar-refractivity contribution in [1.82, 2.24) is 4.72 Å². The lowest BCUT2D eigenvalue weighted by Crippen LogP contribution is -2.46. The third kappa shape index (κ3) is 3.96. The summed E-state index contributed by atoms with van der Waals surface area (Å²) in [5.74, 6) is 0.357. The molecule has 2 unspecified atom stereocenters. The van der Waals surface area contributed by atoms with Crippen molar-refractivity contribution in [2.75, 3.05) is 7.11 Å². The fourth-order valence-corrected chi connectivity index (χ4v) is 4.31. The molecule has 0 bridgehead atoms. The summed E-state index contributed by atoms with van der Waals surface area (Å²) in [5.41, 5.74) is 6.98. The topological polar surface area (TPSA) is 81.4 Å². The molecule has 21 heavy (non-hydrogen) atoms. The molecule has 1 aromatic carbocycles. The van der Waals surface area contributed by atoms with Crippen LogP contribution in [0.1, 0.15) is 37.7 Å². The van der Waals surface area contributed by atoms with Crippen LogP contribution in [0, 0.1) is 6.92 Å². The lowest BCUT2D eigenvalue weighted by Gasteiger charge is -2.23. The molecule has 6 heteroatoms. The van der Waals surface area contributed by atoms with E-state index in [9.17, 15) is 8.42 Å². The number of benzene rings is 1. The van der Waals surface area contributed by atoms with Crippen molar-refractivity contribution in [3.8, 4) is 5.75 Å². The SMILES string of the molecule is COc1ccc(C)cc1S(=O)(=O)NC1CCCCCC1N. The molecule has 1 fully saturated rings. The maximum atomic E-state index is 12.6. The van der Waals surface area contributed by atoms with E-state index in [0.29, 0.717) is 5.75 Å². The van der Waals surface area contributed by atoms with Gasteiger partial charge in [0.1, 0.15) is 10.6 Å². The van der Waals surface area contributed by atoms with E-state index in [2.05, 4.69) is 4.72 Å². The molecule has 0 aliphatic heterocycles. The number of ether oxygens (including phenoxy) is 1. The average molecular weight is 312 g/mol. The largest absolute Gasteiger partial charge is 0.495 e. The molecule has 1 saturated carbocycles. The van der Waals surface area contributed by atoms with Crippen molar-refractivity contribution >= 4 is 10.0 Å². The quantitative estimate of drug-likeness (QED) is 0.833. The summed E-state index contributed by atoms with van der Waals surface area (Å²) in [7, 11) is -2.16. The number of rotatable bonds is 4. The molecule has 3 N–H and O–H groups in total. The number of hydrogen-bond acceptors (Lipinski definition) is 4. The Morgan fingerprint density at radius 2 is 1.95 bits per heavy atom. The van der Waals surface area contributed by atoms with Gasteiger partial charge < -0.3 is 10.5 Å². The molecule has 1 aliphatic rings. The molecule has 5 nitrogen and oxygen atoms in total. The van der Waals surface area contributed by atoms with Gasteiger partial charge in [0.05, 0.1) is 7.11 Å². The Morgan fingerprint density at radius 3 is 2.67 bits per heavy atom. The highest BCUT2D eigenvalue weighted by Gasteiger charge is 2.28. The molecule has 0 heterocycles. The zero-order valence-electron chi connectivity index (χ0n) is 12.6. The lowest BCUT2D eigenvalue weighted by molar-refractivity contribution is 0.400. The van der Waals surface area contributed by atoms with Gasteiger partial charge in [0.15, 0.2) is 0 Å². The highest BCUT2D eigenvalue weighted by atomic mass is 32.2. The van der Waals surface area contributed by atoms with Crippen molar-refractivity contribution in [2.45, 2.75) is 56.0 Å². The van der Waals surface area contributed by atoms with E-state index in [0.717, 1.165) is 37.7 Å². The highest BCUT2D eigenvalue weighted by Crippen LogP contribution is 2.26. The van der Waals surface area contributed by atoms with Crippen LogP contribution in [0.2, 0.25) is 0 Å². The fraction of sp³-hybridized carbons (Fsp3) is 0.600. The summed E-state index contributed by atoms with van der Waals surface area (Å²) < 4.78 is 33.2. The minimum atomic E-state index is -3.63. The van der Waals surface area contributed by atoms with Crippen molar-refractivity contribution in [3.63, 3.8) is 0 Å². The molecule has 2 rings (SSSR count). The van der Waals surface area contributed by atoms with Crippen molar-refractivity contribution in [1.29, 1.82) is 0 Å². The third-order valence-corrected chi connectivity index (χ3v) is 5.50. The summed E-state index contributed by atoms with van der Waals surface area (Å²) in [5, 5.41) is 0.